The molecule has 1 atom stereocenters. The molecule has 9 heteroatoms. The molecule has 1 unspecified atom stereocenters. The molecule has 0 fully saturated rings. The van der Waals surface area contributed by atoms with Crippen molar-refractivity contribution in [2.24, 2.45) is 0 Å². The fourth-order valence-electron chi connectivity index (χ4n) is 5.01. The predicted molar refractivity (Wildman–Crippen MR) is 149 cm³/mol. The fraction of sp³-hybridized carbons (Fsp3) is 0.194. The number of carboxylic acid groups (broad SMARTS) is 1. The summed E-state index contributed by atoms with van der Waals surface area (Å²) in [6.45, 7) is 0.676. The zero-order chi connectivity index (χ0) is 28.1. The van der Waals surface area contributed by atoms with E-state index in [1.165, 1.54) is 12.3 Å². The summed E-state index contributed by atoms with van der Waals surface area (Å²) < 4.78 is 10.8. The van der Waals surface area contributed by atoms with E-state index in [9.17, 15) is 19.5 Å². The monoisotopic (exact) mass is 539 g/mol. The van der Waals surface area contributed by atoms with Gasteiger partial charge in [-0.2, -0.15) is 0 Å². The number of hydrogen-bond acceptors (Lipinski definition) is 6. The third kappa shape index (κ3) is 5.89. The normalized spacial score (nSPS) is 12.8. The van der Waals surface area contributed by atoms with E-state index in [1.807, 2.05) is 66.7 Å². The molecule has 0 saturated carbocycles. The first-order valence-electron chi connectivity index (χ1n) is 12.9. The highest BCUT2D eigenvalue weighted by molar-refractivity contribution is 6.01. The number of nitrogens with one attached hydrogen (secondary N) is 2. The maximum absolute atomic E-state index is 12.9. The molecule has 1 aliphatic carbocycles. The van der Waals surface area contributed by atoms with Gasteiger partial charge in [-0.1, -0.05) is 78.9 Å². The van der Waals surface area contributed by atoms with Crippen LogP contribution < -0.4 is 10.6 Å². The summed E-state index contributed by atoms with van der Waals surface area (Å²) >= 11 is 0. The summed E-state index contributed by atoms with van der Waals surface area (Å²) in [5, 5.41) is 14.7. The Morgan fingerprint density at radius 1 is 0.925 bits per heavy atom. The summed E-state index contributed by atoms with van der Waals surface area (Å²) in [4.78, 5) is 39.3. The second kappa shape index (κ2) is 11.9. The molecule has 9 nitrogen and oxygen atoms in total. The summed E-state index contributed by atoms with van der Waals surface area (Å²) in [6, 6.07) is 25.8. The van der Waals surface area contributed by atoms with E-state index in [1.54, 1.807) is 11.9 Å². The van der Waals surface area contributed by atoms with E-state index in [4.69, 9.17) is 9.15 Å². The van der Waals surface area contributed by atoms with Crippen LogP contribution in [0.3, 0.4) is 0 Å². The highest BCUT2D eigenvalue weighted by Crippen LogP contribution is 2.44. The SMILES string of the molecule is CN(Cc1ccccc1)CC(NC(=O)c1occc1NC(=O)OCC1c2ccccc2-c2ccccc21)C(=O)O. The van der Waals surface area contributed by atoms with Crippen LogP contribution in [0.25, 0.3) is 11.1 Å². The zero-order valence-electron chi connectivity index (χ0n) is 21.9. The second-order valence-corrected chi connectivity index (χ2v) is 9.66. The average Bonchev–Trinajstić information content (AvgIpc) is 3.54. The van der Waals surface area contributed by atoms with Gasteiger partial charge in [0.2, 0.25) is 5.76 Å². The van der Waals surface area contributed by atoms with Gasteiger partial charge in [-0.05, 0) is 34.9 Å². The number of carboxylic acids is 1. The number of amides is 2. The van der Waals surface area contributed by atoms with Gasteiger partial charge in [-0.3, -0.25) is 15.0 Å². The summed E-state index contributed by atoms with van der Waals surface area (Å²) in [5.74, 6) is -2.29. The molecule has 204 valence electrons. The van der Waals surface area contributed by atoms with Gasteiger partial charge >= 0.3 is 12.1 Å². The number of fused-ring (bicyclic) bond motifs is 3. The van der Waals surface area contributed by atoms with Crippen molar-refractivity contribution < 1.29 is 28.6 Å². The number of anilines is 1. The van der Waals surface area contributed by atoms with Crippen molar-refractivity contribution in [2.45, 2.75) is 18.5 Å². The number of ether oxygens (including phenoxy) is 1. The smallest absolute Gasteiger partial charge is 0.411 e. The summed E-state index contributed by atoms with van der Waals surface area (Å²) in [6.07, 6.45) is 0.486. The number of nitrogens with zero attached hydrogens (tertiary/aromatic N) is 1. The predicted octanol–water partition coefficient (Wildman–Crippen LogP) is 4.96. The minimum Gasteiger partial charge on any atom is -0.480 e. The van der Waals surface area contributed by atoms with Crippen LogP contribution in [0.15, 0.2) is 95.6 Å². The third-order valence-corrected chi connectivity index (χ3v) is 6.84. The first-order valence-corrected chi connectivity index (χ1v) is 12.9. The molecule has 4 aromatic rings. The molecule has 3 N–H and O–H groups in total. The van der Waals surface area contributed by atoms with Gasteiger partial charge in [0.15, 0.2) is 0 Å². The van der Waals surface area contributed by atoms with Crippen molar-refractivity contribution in [1.29, 1.82) is 0 Å². The van der Waals surface area contributed by atoms with E-state index in [0.29, 0.717) is 6.54 Å². The number of aliphatic carboxylic acids is 1. The van der Waals surface area contributed by atoms with Gasteiger partial charge in [0.05, 0.1) is 12.0 Å². The molecule has 5 rings (SSSR count). The van der Waals surface area contributed by atoms with Crippen LogP contribution in [-0.4, -0.2) is 54.2 Å². The van der Waals surface area contributed by atoms with Crippen LogP contribution in [0.1, 0.15) is 33.2 Å². The lowest BCUT2D eigenvalue weighted by molar-refractivity contribution is -0.139. The summed E-state index contributed by atoms with van der Waals surface area (Å²) in [7, 11) is 1.77. The molecule has 0 saturated heterocycles. The number of likely N-dealkylation sites (N-methyl/N-ethyl adjacent to an activating group) is 1. The number of rotatable bonds is 10. The molecule has 0 spiro atoms. The first kappa shape index (κ1) is 26.7. The third-order valence-electron chi connectivity index (χ3n) is 6.84. The van der Waals surface area contributed by atoms with Gasteiger partial charge in [0.1, 0.15) is 12.6 Å². The lowest BCUT2D eigenvalue weighted by Gasteiger charge is -2.22. The van der Waals surface area contributed by atoms with E-state index >= 15 is 0 Å². The Balaban J connectivity index is 1.19. The van der Waals surface area contributed by atoms with Gasteiger partial charge in [0, 0.05) is 25.1 Å². The van der Waals surface area contributed by atoms with Gasteiger partial charge in [0.25, 0.3) is 5.91 Å². The number of benzene rings is 3. The van der Waals surface area contributed by atoms with Crippen molar-refractivity contribution in [1.82, 2.24) is 10.2 Å². The Morgan fingerprint density at radius 3 is 2.20 bits per heavy atom. The van der Waals surface area contributed by atoms with Crippen LogP contribution >= 0.6 is 0 Å². The van der Waals surface area contributed by atoms with Crippen LogP contribution in [0.5, 0.6) is 0 Å². The van der Waals surface area contributed by atoms with Crippen molar-refractivity contribution in [3.8, 4) is 11.1 Å². The standard InChI is InChI=1S/C31H29N3O6/c1-34(17-20-9-3-2-4-10-20)18-27(30(36)37)32-29(35)28-26(15-16-39-28)33-31(38)40-19-25-23-13-7-5-11-21(23)22-12-6-8-14-24(22)25/h2-16,25,27H,17-19H2,1H3,(H,32,35)(H,33,38)(H,36,37). The minimum atomic E-state index is -1.20. The lowest BCUT2D eigenvalue weighted by Crippen LogP contribution is -2.47. The van der Waals surface area contributed by atoms with Crippen LogP contribution in [-0.2, 0) is 16.1 Å². The highest BCUT2D eigenvalue weighted by atomic mass is 16.5. The molecule has 1 aromatic heterocycles. The van der Waals surface area contributed by atoms with Gasteiger partial charge < -0.3 is 19.6 Å². The molecular formula is C31H29N3O6. The first-order chi connectivity index (χ1) is 19.4. The quantitative estimate of drug-likeness (QED) is 0.261. The highest BCUT2D eigenvalue weighted by Gasteiger charge is 2.30. The molecular weight excluding hydrogens is 510 g/mol. The number of carbonyl (C=O) groups is 3. The Hall–Kier alpha value is -4.89. The van der Waals surface area contributed by atoms with E-state index in [0.717, 1.165) is 27.8 Å². The van der Waals surface area contributed by atoms with Crippen LogP contribution in [0.2, 0.25) is 0 Å². The molecule has 1 heterocycles. The maximum Gasteiger partial charge on any atom is 0.411 e. The molecule has 2 amide bonds. The van der Waals surface area contributed by atoms with Crippen molar-refractivity contribution >= 4 is 23.7 Å². The van der Waals surface area contributed by atoms with E-state index < -0.39 is 24.0 Å². The topological polar surface area (TPSA) is 121 Å². The summed E-state index contributed by atoms with van der Waals surface area (Å²) in [5.41, 5.74) is 5.48. The minimum absolute atomic E-state index is 0.0613. The Kier molecular flexibility index (Phi) is 7.93. The molecule has 0 aliphatic heterocycles. The Bertz CT molecular complexity index is 1470. The number of hydrogen-bond donors (Lipinski definition) is 3. The molecule has 0 radical (unpaired) electrons. The number of carbonyl (C=O) groups excluding carboxylic acids is 2. The van der Waals surface area contributed by atoms with Crippen LogP contribution in [0.4, 0.5) is 10.5 Å². The number of furan rings is 1. The molecule has 0 bridgehead atoms. The van der Waals surface area contributed by atoms with Crippen molar-refractivity contribution in [3.63, 3.8) is 0 Å². The zero-order valence-corrected chi connectivity index (χ0v) is 21.9. The molecule has 3 aromatic carbocycles. The maximum atomic E-state index is 12.9. The van der Waals surface area contributed by atoms with Gasteiger partial charge in [-0.15, -0.1) is 0 Å². The fourth-order valence-corrected chi connectivity index (χ4v) is 5.01. The largest absolute Gasteiger partial charge is 0.480 e. The van der Waals surface area contributed by atoms with Crippen molar-refractivity contribution in [2.75, 3.05) is 25.5 Å². The van der Waals surface area contributed by atoms with E-state index in [-0.39, 0.29) is 30.5 Å². The molecule has 1 aliphatic rings. The van der Waals surface area contributed by atoms with Crippen LogP contribution in [0, 0.1) is 0 Å². The average molecular weight is 540 g/mol. The lowest BCUT2D eigenvalue weighted by atomic mass is 9.98. The Labute approximate surface area is 231 Å². The second-order valence-electron chi connectivity index (χ2n) is 9.66. The van der Waals surface area contributed by atoms with E-state index in [2.05, 4.69) is 22.8 Å². The Morgan fingerprint density at radius 2 is 1.55 bits per heavy atom. The van der Waals surface area contributed by atoms with Gasteiger partial charge in [-0.25, -0.2) is 9.59 Å². The molecule has 40 heavy (non-hydrogen) atoms. The van der Waals surface area contributed by atoms with Crippen molar-refractivity contribution in [3.05, 3.63) is 114 Å².